The minimum Gasteiger partial charge on any atom is -0.342 e. The van der Waals surface area contributed by atoms with Crippen LogP contribution in [0.5, 0.6) is 0 Å². The average Bonchev–Trinajstić information content (AvgIpc) is 2.67. The first kappa shape index (κ1) is 11.5. The van der Waals surface area contributed by atoms with E-state index in [0.29, 0.717) is 18.8 Å². The van der Waals surface area contributed by atoms with E-state index in [1.165, 1.54) is 0 Å². The van der Waals surface area contributed by atoms with E-state index in [1.807, 2.05) is 13.8 Å². The molecule has 4 nitrogen and oxygen atoms in total. The Morgan fingerprint density at radius 3 is 2.67 bits per heavy atom. The number of aromatic nitrogens is 1. The maximum absolute atomic E-state index is 11.7. The maximum Gasteiger partial charge on any atom is 0.242 e. The molecule has 0 aromatic carbocycles. The number of amides is 1. The number of carbonyl (C=O) groups is 2. The first-order valence-electron chi connectivity index (χ1n) is 5.11. The van der Waals surface area contributed by atoms with Crippen LogP contribution >= 0.6 is 0 Å². The summed E-state index contributed by atoms with van der Waals surface area (Å²) < 4.78 is 1.66. The van der Waals surface area contributed by atoms with Crippen molar-refractivity contribution in [1.82, 2.24) is 9.47 Å². The zero-order chi connectivity index (χ0) is 11.3. The molecule has 0 saturated carbocycles. The quantitative estimate of drug-likeness (QED) is 0.682. The number of likely N-dealkylation sites (N-methyl/N-ethyl adjacent to an activating group) is 1. The van der Waals surface area contributed by atoms with Crippen LogP contribution in [0.2, 0.25) is 0 Å². The van der Waals surface area contributed by atoms with Crippen molar-refractivity contribution in [2.24, 2.45) is 0 Å². The molecule has 0 radical (unpaired) electrons. The van der Waals surface area contributed by atoms with Gasteiger partial charge in [0, 0.05) is 19.3 Å². The number of hydrogen-bond acceptors (Lipinski definition) is 2. The van der Waals surface area contributed by atoms with Crippen molar-refractivity contribution < 1.29 is 9.59 Å². The molecule has 0 bridgehead atoms. The molecule has 1 heterocycles. The van der Waals surface area contributed by atoms with Crippen LogP contribution in [0.3, 0.4) is 0 Å². The molecule has 0 aliphatic rings. The summed E-state index contributed by atoms with van der Waals surface area (Å²) in [6.07, 6.45) is 2.50. The molecule has 82 valence electrons. The molecule has 0 spiro atoms. The number of aldehydes is 1. The van der Waals surface area contributed by atoms with Gasteiger partial charge in [0.05, 0.1) is 5.69 Å². The van der Waals surface area contributed by atoms with Gasteiger partial charge in [-0.2, -0.15) is 0 Å². The SMILES string of the molecule is CCN(CC)C(=O)Cn1cccc1C=O. The normalized spacial score (nSPS) is 10.0. The van der Waals surface area contributed by atoms with Crippen molar-refractivity contribution in [3.63, 3.8) is 0 Å². The summed E-state index contributed by atoms with van der Waals surface area (Å²) in [7, 11) is 0. The summed E-state index contributed by atoms with van der Waals surface area (Å²) in [6.45, 7) is 5.53. The molecule has 1 rings (SSSR count). The number of rotatable bonds is 5. The number of carbonyl (C=O) groups excluding carboxylic acids is 2. The largest absolute Gasteiger partial charge is 0.342 e. The van der Waals surface area contributed by atoms with Crippen LogP contribution in [0, 0.1) is 0 Å². The van der Waals surface area contributed by atoms with Crippen molar-refractivity contribution >= 4 is 12.2 Å². The standard InChI is InChI=1S/C11H16N2O2/c1-3-12(4-2)11(15)8-13-7-5-6-10(13)9-14/h5-7,9H,3-4,8H2,1-2H3. The van der Waals surface area contributed by atoms with Crippen LogP contribution < -0.4 is 0 Å². The van der Waals surface area contributed by atoms with Gasteiger partial charge in [-0.3, -0.25) is 9.59 Å². The minimum atomic E-state index is 0.0410. The zero-order valence-corrected chi connectivity index (χ0v) is 9.14. The Kier molecular flexibility index (Phi) is 4.09. The Hall–Kier alpha value is -1.58. The van der Waals surface area contributed by atoms with E-state index in [0.717, 1.165) is 6.29 Å². The average molecular weight is 208 g/mol. The minimum absolute atomic E-state index is 0.0410. The van der Waals surface area contributed by atoms with E-state index in [2.05, 4.69) is 0 Å². The van der Waals surface area contributed by atoms with E-state index < -0.39 is 0 Å². The monoisotopic (exact) mass is 208 g/mol. The molecule has 1 amide bonds. The van der Waals surface area contributed by atoms with Gasteiger partial charge >= 0.3 is 0 Å². The van der Waals surface area contributed by atoms with Gasteiger partial charge in [-0.1, -0.05) is 0 Å². The molecule has 0 unspecified atom stereocenters. The Balaban J connectivity index is 2.69. The summed E-state index contributed by atoms with van der Waals surface area (Å²) in [6, 6.07) is 3.46. The van der Waals surface area contributed by atoms with E-state index in [-0.39, 0.29) is 12.5 Å². The second-order valence-electron chi connectivity index (χ2n) is 3.24. The van der Waals surface area contributed by atoms with E-state index in [1.54, 1.807) is 27.8 Å². The Labute approximate surface area is 89.5 Å². The smallest absolute Gasteiger partial charge is 0.242 e. The van der Waals surface area contributed by atoms with Crippen LogP contribution in [0.25, 0.3) is 0 Å². The second-order valence-corrected chi connectivity index (χ2v) is 3.24. The lowest BCUT2D eigenvalue weighted by molar-refractivity contribution is -0.131. The molecule has 0 fully saturated rings. The van der Waals surface area contributed by atoms with Crippen molar-refractivity contribution in [1.29, 1.82) is 0 Å². The van der Waals surface area contributed by atoms with Gasteiger partial charge in [0.15, 0.2) is 6.29 Å². The van der Waals surface area contributed by atoms with Gasteiger partial charge in [0.25, 0.3) is 0 Å². The second kappa shape index (κ2) is 5.34. The number of hydrogen-bond donors (Lipinski definition) is 0. The van der Waals surface area contributed by atoms with Crippen molar-refractivity contribution in [3.05, 3.63) is 24.0 Å². The van der Waals surface area contributed by atoms with E-state index >= 15 is 0 Å². The number of nitrogens with zero attached hydrogens (tertiary/aromatic N) is 2. The van der Waals surface area contributed by atoms with Crippen LogP contribution in [0.4, 0.5) is 0 Å². The third-order valence-electron chi connectivity index (χ3n) is 2.41. The molecule has 0 aliphatic heterocycles. The zero-order valence-electron chi connectivity index (χ0n) is 9.14. The van der Waals surface area contributed by atoms with Crippen molar-refractivity contribution in [2.75, 3.05) is 13.1 Å². The molecule has 0 saturated heterocycles. The molecular weight excluding hydrogens is 192 g/mol. The highest BCUT2D eigenvalue weighted by molar-refractivity contribution is 5.78. The molecule has 1 aromatic heterocycles. The van der Waals surface area contributed by atoms with Gasteiger partial charge in [-0.15, -0.1) is 0 Å². The lowest BCUT2D eigenvalue weighted by Gasteiger charge is -2.19. The van der Waals surface area contributed by atoms with Crippen LogP contribution in [-0.4, -0.2) is 34.7 Å². The Bertz CT molecular complexity index is 340. The molecule has 0 N–H and O–H groups in total. The van der Waals surface area contributed by atoms with Gasteiger partial charge in [0.1, 0.15) is 6.54 Å². The van der Waals surface area contributed by atoms with Gasteiger partial charge in [-0.25, -0.2) is 0 Å². The lowest BCUT2D eigenvalue weighted by atomic mass is 10.4. The fraction of sp³-hybridized carbons (Fsp3) is 0.455. The van der Waals surface area contributed by atoms with Crippen LogP contribution in [0.15, 0.2) is 18.3 Å². The third-order valence-corrected chi connectivity index (χ3v) is 2.41. The maximum atomic E-state index is 11.7. The Morgan fingerprint density at radius 1 is 1.47 bits per heavy atom. The fourth-order valence-corrected chi connectivity index (χ4v) is 1.50. The fourth-order valence-electron chi connectivity index (χ4n) is 1.50. The summed E-state index contributed by atoms with van der Waals surface area (Å²) in [5.41, 5.74) is 0.538. The van der Waals surface area contributed by atoms with Crippen molar-refractivity contribution in [2.45, 2.75) is 20.4 Å². The predicted octanol–water partition coefficient (Wildman–Crippen LogP) is 1.17. The summed E-state index contributed by atoms with van der Waals surface area (Å²) in [5.74, 6) is 0.0410. The molecule has 0 atom stereocenters. The topological polar surface area (TPSA) is 42.3 Å². The molecular formula is C11H16N2O2. The highest BCUT2D eigenvalue weighted by atomic mass is 16.2. The van der Waals surface area contributed by atoms with Crippen LogP contribution in [-0.2, 0) is 11.3 Å². The highest BCUT2D eigenvalue weighted by Crippen LogP contribution is 2.01. The Morgan fingerprint density at radius 2 is 2.13 bits per heavy atom. The molecule has 4 heteroatoms. The third kappa shape index (κ3) is 2.68. The first-order valence-corrected chi connectivity index (χ1v) is 5.11. The van der Waals surface area contributed by atoms with Gasteiger partial charge in [-0.05, 0) is 26.0 Å². The molecule has 1 aromatic rings. The van der Waals surface area contributed by atoms with Gasteiger partial charge < -0.3 is 9.47 Å². The van der Waals surface area contributed by atoms with E-state index in [4.69, 9.17) is 0 Å². The summed E-state index contributed by atoms with van der Waals surface area (Å²) in [5, 5.41) is 0. The predicted molar refractivity (Wildman–Crippen MR) is 57.7 cm³/mol. The first-order chi connectivity index (χ1) is 7.22. The molecule has 15 heavy (non-hydrogen) atoms. The highest BCUT2D eigenvalue weighted by Gasteiger charge is 2.11. The van der Waals surface area contributed by atoms with Gasteiger partial charge in [0.2, 0.25) is 5.91 Å². The lowest BCUT2D eigenvalue weighted by Crippen LogP contribution is -2.33. The summed E-state index contributed by atoms with van der Waals surface area (Å²) >= 11 is 0. The molecule has 0 aliphatic carbocycles. The van der Waals surface area contributed by atoms with Crippen molar-refractivity contribution in [3.8, 4) is 0 Å². The van der Waals surface area contributed by atoms with Crippen LogP contribution in [0.1, 0.15) is 24.3 Å². The summed E-state index contributed by atoms with van der Waals surface area (Å²) in [4.78, 5) is 24.1. The van der Waals surface area contributed by atoms with E-state index in [9.17, 15) is 9.59 Å².